The van der Waals surface area contributed by atoms with Crippen molar-refractivity contribution in [3.63, 3.8) is 0 Å². The number of ether oxygens (including phenoxy) is 2. The molecule has 1 unspecified atom stereocenters. The summed E-state index contributed by atoms with van der Waals surface area (Å²) >= 11 is 1.21. The van der Waals surface area contributed by atoms with Crippen LogP contribution in [0, 0.1) is 11.8 Å². The molecule has 4 amide bonds. The Labute approximate surface area is 302 Å². The molecular weight excluding hydrogens is 673 g/mol. The van der Waals surface area contributed by atoms with Gasteiger partial charge in [-0.25, -0.2) is 19.6 Å². The van der Waals surface area contributed by atoms with Crippen molar-refractivity contribution in [2.24, 2.45) is 16.8 Å². The van der Waals surface area contributed by atoms with E-state index in [0.29, 0.717) is 43.5 Å². The van der Waals surface area contributed by atoms with Gasteiger partial charge in [-0.1, -0.05) is 74.5 Å². The van der Waals surface area contributed by atoms with Crippen LogP contribution in [-0.2, 0) is 32.3 Å². The number of nitrogens with zero attached hydrogens (tertiary/aromatic N) is 2. The largest absolute Gasteiger partial charge is 0.444 e. The highest BCUT2D eigenvalue weighted by atomic mass is 32.1. The third kappa shape index (κ3) is 13.6. The van der Waals surface area contributed by atoms with Gasteiger partial charge >= 0.3 is 12.2 Å². The maximum Gasteiger partial charge on any atom is 0.414 e. The van der Waals surface area contributed by atoms with E-state index in [1.165, 1.54) is 18.3 Å². The molecule has 1 fully saturated rings. The molecule has 1 aliphatic rings. The van der Waals surface area contributed by atoms with Crippen molar-refractivity contribution in [2.75, 3.05) is 0 Å². The summed E-state index contributed by atoms with van der Waals surface area (Å²) in [5, 5.41) is 12.7. The van der Waals surface area contributed by atoms with Crippen LogP contribution in [0.15, 0.2) is 77.2 Å². The second-order valence-corrected chi connectivity index (χ2v) is 13.8. The van der Waals surface area contributed by atoms with Crippen LogP contribution in [0.2, 0.25) is 0 Å². The van der Waals surface area contributed by atoms with Crippen molar-refractivity contribution in [3.05, 3.63) is 88.4 Å². The second kappa shape index (κ2) is 19.9. The lowest BCUT2D eigenvalue weighted by Gasteiger charge is -2.30. The quantitative estimate of drug-likeness (QED) is 0.0957. The summed E-state index contributed by atoms with van der Waals surface area (Å²) < 4.78 is 10.7. The van der Waals surface area contributed by atoms with Crippen LogP contribution in [0.1, 0.15) is 80.2 Å². The van der Waals surface area contributed by atoms with Gasteiger partial charge in [-0.2, -0.15) is 0 Å². The Kier molecular flexibility index (Phi) is 15.1. The smallest absolute Gasteiger partial charge is 0.414 e. The average molecular weight is 719 g/mol. The van der Waals surface area contributed by atoms with E-state index in [-0.39, 0.29) is 48.7 Å². The Morgan fingerprint density at radius 1 is 0.824 bits per heavy atom. The Morgan fingerprint density at radius 3 is 1.88 bits per heavy atom. The van der Waals surface area contributed by atoms with Gasteiger partial charge < -0.3 is 20.1 Å². The van der Waals surface area contributed by atoms with E-state index in [1.807, 2.05) is 74.5 Å². The number of Topliss-reactive ketones (excluding diaryl/α,β-unsaturated/α-hetero) is 1. The first kappa shape index (κ1) is 38.7. The summed E-state index contributed by atoms with van der Waals surface area (Å²) in [6.07, 6.45) is 3.34. The molecule has 2 atom stereocenters. The lowest BCUT2D eigenvalue weighted by Crippen LogP contribution is -2.52. The predicted octanol–water partition coefficient (Wildman–Crippen LogP) is 5.52. The highest BCUT2D eigenvalue weighted by Crippen LogP contribution is 2.30. The fourth-order valence-electron chi connectivity index (χ4n) is 5.78. The van der Waals surface area contributed by atoms with Gasteiger partial charge in [-0.3, -0.25) is 25.0 Å². The zero-order chi connectivity index (χ0) is 36.6. The van der Waals surface area contributed by atoms with Crippen molar-refractivity contribution in [3.8, 4) is 0 Å². The van der Waals surface area contributed by atoms with Crippen molar-refractivity contribution < 1.29 is 33.4 Å². The molecule has 3 aromatic rings. The lowest BCUT2D eigenvalue weighted by molar-refractivity contribution is -0.128. The second-order valence-electron chi connectivity index (χ2n) is 12.9. The number of aliphatic imine (C=N–C) groups is 1. The number of alkyl carbamates (subject to hydrolysis) is 2. The maximum absolute atomic E-state index is 13.5. The number of ketones is 1. The molecule has 13 nitrogen and oxygen atoms in total. The maximum atomic E-state index is 13.5. The van der Waals surface area contributed by atoms with Crippen molar-refractivity contribution in [2.45, 2.75) is 90.6 Å². The van der Waals surface area contributed by atoms with E-state index < -0.39 is 30.2 Å². The molecule has 0 spiro atoms. The van der Waals surface area contributed by atoms with Gasteiger partial charge in [0.1, 0.15) is 19.3 Å². The van der Waals surface area contributed by atoms with E-state index in [2.05, 4.69) is 31.2 Å². The number of carbonyl (C=O) groups excluding carboxylic acids is 5. The first-order chi connectivity index (χ1) is 24.5. The summed E-state index contributed by atoms with van der Waals surface area (Å²) in [4.78, 5) is 72.9. The molecule has 14 heteroatoms. The number of thiazole rings is 1. The molecule has 1 aliphatic carbocycles. The topological polar surface area (TPSA) is 177 Å². The molecule has 4 N–H and O–H groups in total. The van der Waals surface area contributed by atoms with Gasteiger partial charge in [-0.15, -0.1) is 11.3 Å². The highest BCUT2D eigenvalue weighted by molar-refractivity contribution is 7.11. The molecule has 0 aliphatic heterocycles. The number of hydrogen-bond donors (Lipinski definition) is 4. The predicted molar refractivity (Wildman–Crippen MR) is 193 cm³/mol. The molecule has 2 aromatic carbocycles. The number of nitrogens with one attached hydrogen (secondary N) is 4. The van der Waals surface area contributed by atoms with Gasteiger partial charge in [0.25, 0.3) is 0 Å². The zero-order valence-corrected chi connectivity index (χ0v) is 29.9. The first-order valence-corrected chi connectivity index (χ1v) is 18.0. The summed E-state index contributed by atoms with van der Waals surface area (Å²) in [6, 6.07) is 16.5. The number of hydrogen-bond acceptors (Lipinski definition) is 10. The fourth-order valence-corrected chi connectivity index (χ4v) is 6.41. The molecule has 1 saturated carbocycles. The molecule has 272 valence electrons. The van der Waals surface area contributed by atoms with Crippen LogP contribution < -0.4 is 21.3 Å². The highest BCUT2D eigenvalue weighted by Gasteiger charge is 2.32. The summed E-state index contributed by atoms with van der Waals surface area (Å²) in [6.45, 7) is 5.34. The average Bonchev–Trinajstić information content (AvgIpc) is 3.66. The molecule has 1 heterocycles. The van der Waals surface area contributed by atoms with Crippen LogP contribution in [0.3, 0.4) is 0 Å². The van der Waals surface area contributed by atoms with Gasteiger partial charge in [0, 0.05) is 18.5 Å². The standard InChI is InChI=1S/C37H46N6O7S/c1-24(2)20-31(39-25(3)44)33(46)41-30(32(45)34-38-18-19-51-34)21-26-14-16-29(17-15-26)40-35(42-36(47)49-22-27-10-6-4-7-11-27)43-37(48)50-23-28-12-8-5-9-13-28/h4-13,18-19,24,26,29-31H,14-17,20-23H2,1-3H3,(H,39,44)(H,41,46)(H2,40,42,43,47,48)/t26?,29?,30?,31-/m0/s1. The SMILES string of the molecule is CC(=O)N[C@@H](CC(C)C)C(=O)NC(CC1CCC(N=C(NC(=O)OCc2ccccc2)NC(=O)OCc2ccccc2)CC1)C(=O)c1nccs1. The summed E-state index contributed by atoms with van der Waals surface area (Å²) in [7, 11) is 0. The third-order valence-electron chi connectivity index (χ3n) is 8.24. The molecule has 0 radical (unpaired) electrons. The van der Waals surface area contributed by atoms with Crippen molar-refractivity contribution >= 4 is 47.1 Å². The summed E-state index contributed by atoms with van der Waals surface area (Å²) in [5.74, 6) is -0.883. The molecule has 4 rings (SSSR count). The van der Waals surface area contributed by atoms with Gasteiger partial charge in [0.2, 0.25) is 23.6 Å². The van der Waals surface area contributed by atoms with Crippen LogP contribution in [0.4, 0.5) is 9.59 Å². The normalized spacial score (nSPS) is 16.5. The minimum absolute atomic E-state index is 0.0317. The van der Waals surface area contributed by atoms with E-state index in [4.69, 9.17) is 9.47 Å². The minimum atomic E-state index is -0.824. The number of rotatable bonds is 14. The van der Waals surface area contributed by atoms with Crippen LogP contribution >= 0.6 is 11.3 Å². The number of amides is 4. The van der Waals surface area contributed by atoms with E-state index >= 15 is 0 Å². The molecule has 0 bridgehead atoms. The van der Waals surface area contributed by atoms with E-state index in [0.717, 1.165) is 11.1 Å². The zero-order valence-electron chi connectivity index (χ0n) is 29.1. The Hall–Kier alpha value is -5.11. The Balaban J connectivity index is 1.40. The van der Waals surface area contributed by atoms with E-state index in [1.54, 1.807) is 11.6 Å². The van der Waals surface area contributed by atoms with Crippen molar-refractivity contribution in [1.82, 2.24) is 26.3 Å². The van der Waals surface area contributed by atoms with E-state index in [9.17, 15) is 24.0 Å². The Morgan fingerprint density at radius 2 is 1.39 bits per heavy atom. The lowest BCUT2D eigenvalue weighted by atomic mass is 9.82. The van der Waals surface area contributed by atoms with Crippen LogP contribution in [0.5, 0.6) is 0 Å². The van der Waals surface area contributed by atoms with Crippen LogP contribution in [-0.4, -0.2) is 58.9 Å². The van der Waals surface area contributed by atoms with Crippen LogP contribution in [0.25, 0.3) is 0 Å². The molecular formula is C37H46N6O7S. The third-order valence-corrected chi connectivity index (χ3v) is 9.03. The Bertz CT molecular complexity index is 1550. The number of benzene rings is 2. The minimum Gasteiger partial charge on any atom is -0.444 e. The number of aromatic nitrogens is 1. The number of carbonyl (C=O) groups is 5. The number of guanidine groups is 1. The molecule has 0 saturated heterocycles. The summed E-state index contributed by atoms with van der Waals surface area (Å²) in [5.41, 5.74) is 1.60. The molecule has 1 aromatic heterocycles. The fraction of sp³-hybridized carbons (Fsp3) is 0.432. The van der Waals surface area contributed by atoms with Gasteiger partial charge in [0.15, 0.2) is 5.01 Å². The van der Waals surface area contributed by atoms with Gasteiger partial charge in [0.05, 0.1) is 12.1 Å². The monoisotopic (exact) mass is 718 g/mol. The van der Waals surface area contributed by atoms with Crippen molar-refractivity contribution in [1.29, 1.82) is 0 Å². The first-order valence-electron chi connectivity index (χ1n) is 17.1. The molecule has 51 heavy (non-hydrogen) atoms. The van der Waals surface area contributed by atoms with Gasteiger partial charge in [-0.05, 0) is 61.5 Å².